The van der Waals surface area contributed by atoms with Crippen LogP contribution in [-0.4, -0.2) is 40.4 Å². The van der Waals surface area contributed by atoms with Crippen LogP contribution in [0, 0.1) is 0 Å². The van der Waals surface area contributed by atoms with Gasteiger partial charge in [0, 0.05) is 17.1 Å². The summed E-state index contributed by atoms with van der Waals surface area (Å²) in [6.07, 6.45) is 1.46. The Kier molecular flexibility index (Phi) is 5.48. The molecule has 8 nitrogen and oxygen atoms in total. The maximum atomic E-state index is 12.4. The fourth-order valence-corrected chi connectivity index (χ4v) is 3.70. The molecular weight excluding hydrogens is 392 g/mol. The Hall–Kier alpha value is -3.33. The van der Waals surface area contributed by atoms with E-state index in [9.17, 15) is 9.59 Å². The van der Waals surface area contributed by atoms with Crippen molar-refractivity contribution in [2.45, 2.75) is 17.2 Å². The molecule has 4 rings (SSSR count). The van der Waals surface area contributed by atoms with Crippen LogP contribution in [0.2, 0.25) is 0 Å². The maximum Gasteiger partial charge on any atom is 0.325 e. The number of nitrogens with zero attached hydrogens (tertiary/aromatic N) is 2. The highest BCUT2D eigenvalue weighted by Crippen LogP contribution is 2.32. The van der Waals surface area contributed by atoms with Crippen LogP contribution in [0.1, 0.15) is 6.92 Å². The van der Waals surface area contributed by atoms with Gasteiger partial charge in [-0.05, 0) is 25.1 Å². The number of hydrogen-bond acceptors (Lipinski definition) is 7. The van der Waals surface area contributed by atoms with Crippen molar-refractivity contribution in [3.63, 3.8) is 0 Å². The topological polar surface area (TPSA) is 102 Å². The van der Waals surface area contributed by atoms with E-state index >= 15 is 0 Å². The Balaban J connectivity index is 1.37. The number of nitrogens with one attached hydrogen (secondary N) is 2. The van der Waals surface area contributed by atoms with E-state index in [1.165, 1.54) is 18.1 Å². The molecule has 1 atom stereocenters. The normalized spacial score (nSPS) is 13.6. The highest BCUT2D eigenvalue weighted by Gasteiger charge is 2.20. The minimum absolute atomic E-state index is 0.423. The first-order valence-electron chi connectivity index (χ1n) is 8.98. The zero-order valence-corrected chi connectivity index (χ0v) is 16.4. The largest absolute Gasteiger partial charge is 0.486 e. The third-order valence-corrected chi connectivity index (χ3v) is 5.32. The van der Waals surface area contributed by atoms with Crippen molar-refractivity contribution >= 4 is 40.3 Å². The van der Waals surface area contributed by atoms with Crippen molar-refractivity contribution in [1.29, 1.82) is 0 Å². The lowest BCUT2D eigenvalue weighted by molar-refractivity contribution is -0.119. The summed E-state index contributed by atoms with van der Waals surface area (Å²) in [6.45, 7) is 2.66. The first-order valence-corrected chi connectivity index (χ1v) is 9.86. The lowest BCUT2D eigenvalue weighted by Gasteiger charge is -2.19. The van der Waals surface area contributed by atoms with Crippen LogP contribution in [0.5, 0.6) is 11.5 Å². The monoisotopic (exact) mass is 410 g/mol. The molecule has 3 aromatic rings. The molecule has 0 bridgehead atoms. The van der Waals surface area contributed by atoms with E-state index in [4.69, 9.17) is 9.47 Å². The minimum atomic E-state index is -0.619. The number of rotatable bonds is 4. The predicted molar refractivity (Wildman–Crippen MR) is 109 cm³/mol. The fourth-order valence-electron chi connectivity index (χ4n) is 2.79. The molecule has 0 fully saturated rings. The van der Waals surface area contributed by atoms with Gasteiger partial charge < -0.3 is 14.8 Å². The van der Waals surface area contributed by atoms with E-state index in [2.05, 4.69) is 20.6 Å². The Labute approximate surface area is 171 Å². The van der Waals surface area contributed by atoms with Crippen LogP contribution >= 0.6 is 11.8 Å². The number of imide groups is 1. The number of para-hydroxylation sites is 1. The molecule has 29 heavy (non-hydrogen) atoms. The molecule has 148 valence electrons. The summed E-state index contributed by atoms with van der Waals surface area (Å²) >= 11 is 1.27. The zero-order valence-electron chi connectivity index (χ0n) is 15.5. The van der Waals surface area contributed by atoms with Crippen molar-refractivity contribution in [3.8, 4) is 11.5 Å². The van der Waals surface area contributed by atoms with E-state index in [1.54, 1.807) is 25.1 Å². The van der Waals surface area contributed by atoms with Crippen LogP contribution in [0.3, 0.4) is 0 Å². The first-order chi connectivity index (χ1) is 14.1. The van der Waals surface area contributed by atoms with E-state index in [-0.39, 0.29) is 0 Å². The second-order valence-electron chi connectivity index (χ2n) is 6.26. The number of thioether (sulfide) groups is 1. The molecule has 0 unspecified atom stereocenters. The molecule has 0 spiro atoms. The van der Waals surface area contributed by atoms with E-state index in [0.717, 1.165) is 10.9 Å². The predicted octanol–water partition coefficient (Wildman–Crippen LogP) is 3.23. The first kappa shape index (κ1) is 19.0. The summed E-state index contributed by atoms with van der Waals surface area (Å²) in [7, 11) is 0. The lowest BCUT2D eigenvalue weighted by atomic mass is 10.2. The van der Waals surface area contributed by atoms with Gasteiger partial charge in [-0.1, -0.05) is 30.0 Å². The van der Waals surface area contributed by atoms with Crippen molar-refractivity contribution in [2.75, 3.05) is 18.5 Å². The average Bonchev–Trinajstić information content (AvgIpc) is 2.73. The molecule has 0 saturated heterocycles. The van der Waals surface area contributed by atoms with Gasteiger partial charge in [0.15, 0.2) is 11.5 Å². The number of urea groups is 1. The Morgan fingerprint density at radius 1 is 1.07 bits per heavy atom. The van der Waals surface area contributed by atoms with Gasteiger partial charge in [-0.25, -0.2) is 14.8 Å². The van der Waals surface area contributed by atoms with Crippen LogP contribution in [0.15, 0.2) is 53.8 Å². The second kappa shape index (κ2) is 8.36. The second-order valence-corrected chi connectivity index (χ2v) is 7.59. The average molecular weight is 410 g/mol. The summed E-state index contributed by atoms with van der Waals surface area (Å²) in [6, 6.07) is 12.0. The molecule has 2 N–H and O–H groups in total. The number of anilines is 1. The molecule has 3 amide bonds. The number of carbonyl (C=O) groups excluding carboxylic acids is 2. The summed E-state index contributed by atoms with van der Waals surface area (Å²) in [5.74, 6) is 0.757. The summed E-state index contributed by atoms with van der Waals surface area (Å²) in [5, 5.41) is 6.00. The molecule has 9 heteroatoms. The molecule has 1 aliphatic heterocycles. The molecule has 0 aliphatic carbocycles. The van der Waals surface area contributed by atoms with Crippen molar-refractivity contribution < 1.29 is 19.1 Å². The molecule has 0 radical (unpaired) electrons. The number of ether oxygens (including phenoxy) is 2. The van der Waals surface area contributed by atoms with E-state index < -0.39 is 17.2 Å². The van der Waals surface area contributed by atoms with Gasteiger partial charge in [0.1, 0.15) is 24.6 Å². The van der Waals surface area contributed by atoms with Gasteiger partial charge in [-0.3, -0.25) is 10.1 Å². The third-order valence-electron chi connectivity index (χ3n) is 4.20. The van der Waals surface area contributed by atoms with Crippen LogP contribution in [-0.2, 0) is 4.79 Å². The summed E-state index contributed by atoms with van der Waals surface area (Å²) in [5.41, 5.74) is 1.30. The summed E-state index contributed by atoms with van der Waals surface area (Å²) < 4.78 is 10.9. The highest BCUT2D eigenvalue weighted by atomic mass is 32.2. The number of fused-ring (bicyclic) bond motifs is 2. The zero-order chi connectivity index (χ0) is 20.2. The standard InChI is InChI=1S/C20H18N4O4S/c1-12(29-19-14-4-2-3-5-15(14)21-11-22-19)18(25)24-20(26)23-13-6-7-16-17(10-13)28-9-8-27-16/h2-7,10-12H,8-9H2,1H3,(H2,23,24,25,26)/t12-/m1/s1. The van der Waals surface area contributed by atoms with Crippen LogP contribution in [0.25, 0.3) is 10.9 Å². The maximum absolute atomic E-state index is 12.4. The van der Waals surface area contributed by atoms with Crippen molar-refractivity contribution in [3.05, 3.63) is 48.8 Å². The smallest absolute Gasteiger partial charge is 0.325 e. The Morgan fingerprint density at radius 2 is 1.86 bits per heavy atom. The van der Waals surface area contributed by atoms with Crippen molar-refractivity contribution in [1.82, 2.24) is 15.3 Å². The Morgan fingerprint density at radius 3 is 2.72 bits per heavy atom. The fraction of sp³-hybridized carbons (Fsp3) is 0.200. The SMILES string of the molecule is C[C@@H](Sc1ncnc2ccccc12)C(=O)NC(=O)Nc1ccc2c(c1)OCCO2. The van der Waals surface area contributed by atoms with Gasteiger partial charge >= 0.3 is 6.03 Å². The molecule has 1 aromatic heterocycles. The van der Waals surface area contributed by atoms with Gasteiger partial charge in [0.25, 0.3) is 0 Å². The number of aromatic nitrogens is 2. The molecule has 0 saturated carbocycles. The molecule has 2 aromatic carbocycles. The molecule has 1 aliphatic rings. The van der Waals surface area contributed by atoms with Crippen LogP contribution in [0.4, 0.5) is 10.5 Å². The minimum Gasteiger partial charge on any atom is -0.486 e. The van der Waals surface area contributed by atoms with Crippen LogP contribution < -0.4 is 20.1 Å². The lowest BCUT2D eigenvalue weighted by Crippen LogP contribution is -2.38. The number of amides is 3. The van der Waals surface area contributed by atoms with E-state index in [0.29, 0.717) is 35.4 Å². The number of benzene rings is 2. The van der Waals surface area contributed by atoms with Gasteiger partial charge in [0.2, 0.25) is 5.91 Å². The molecule has 2 heterocycles. The Bertz CT molecular complexity index is 1070. The quantitative estimate of drug-likeness (QED) is 0.503. The van der Waals surface area contributed by atoms with Gasteiger partial charge in [0.05, 0.1) is 10.8 Å². The van der Waals surface area contributed by atoms with Crippen molar-refractivity contribution in [2.24, 2.45) is 0 Å². The third kappa shape index (κ3) is 4.40. The number of hydrogen-bond donors (Lipinski definition) is 2. The van der Waals surface area contributed by atoms with Gasteiger partial charge in [-0.2, -0.15) is 0 Å². The highest BCUT2D eigenvalue weighted by molar-refractivity contribution is 8.00. The van der Waals surface area contributed by atoms with Gasteiger partial charge in [-0.15, -0.1) is 0 Å². The van der Waals surface area contributed by atoms with E-state index in [1.807, 2.05) is 24.3 Å². The number of carbonyl (C=O) groups is 2. The summed E-state index contributed by atoms with van der Waals surface area (Å²) in [4.78, 5) is 33.1. The molecular formula is C20H18N4O4S.